The van der Waals surface area contributed by atoms with Crippen molar-refractivity contribution in [1.82, 2.24) is 5.32 Å². The molecule has 2 atom stereocenters. The van der Waals surface area contributed by atoms with E-state index < -0.39 is 12.1 Å². The Morgan fingerprint density at radius 1 is 0.739 bits per heavy atom. The van der Waals surface area contributed by atoms with Gasteiger partial charge in [0.05, 0.1) is 11.4 Å². The minimum atomic E-state index is -0.644. The number of carbonyl (C=O) groups excluding carboxylic acids is 2. The molecule has 0 spiro atoms. The first-order chi connectivity index (χ1) is 11.2. The Balaban J connectivity index is 1.58. The zero-order valence-electron chi connectivity index (χ0n) is 12.2. The van der Waals surface area contributed by atoms with Crippen LogP contribution in [0.25, 0.3) is 5.70 Å². The van der Waals surface area contributed by atoms with Crippen LogP contribution in [0.1, 0.15) is 5.56 Å². The highest BCUT2D eigenvalue weighted by molar-refractivity contribution is 6.12. The maximum absolute atomic E-state index is 12.4. The van der Waals surface area contributed by atoms with Gasteiger partial charge in [0.15, 0.2) is 5.78 Å². The first-order valence-electron chi connectivity index (χ1n) is 7.46. The molecular weight excluding hydrogens is 290 g/mol. The third-order valence-corrected chi connectivity index (χ3v) is 4.10. The van der Waals surface area contributed by atoms with Gasteiger partial charge < -0.3 is 16.0 Å². The summed E-state index contributed by atoms with van der Waals surface area (Å²) in [7, 11) is 0. The number of carbonyl (C=O) groups is 2. The number of para-hydroxylation sites is 2. The number of benzene rings is 2. The highest BCUT2D eigenvalue weighted by atomic mass is 16.2. The van der Waals surface area contributed by atoms with Crippen molar-refractivity contribution in [1.29, 1.82) is 0 Å². The number of rotatable bonds is 2. The average Bonchev–Trinajstić information content (AvgIpc) is 2.97. The molecule has 0 bridgehead atoms. The quantitative estimate of drug-likeness (QED) is 0.794. The second-order valence-corrected chi connectivity index (χ2v) is 5.61. The summed E-state index contributed by atoms with van der Waals surface area (Å²) >= 11 is 0. The molecule has 0 aliphatic carbocycles. The largest absolute Gasteiger partial charge is 0.372 e. The Morgan fingerprint density at radius 3 is 2.22 bits per heavy atom. The summed E-state index contributed by atoms with van der Waals surface area (Å²) in [5.74, 6) is -0.312. The monoisotopic (exact) mass is 305 g/mol. The Bertz CT molecular complexity index is 814. The summed E-state index contributed by atoms with van der Waals surface area (Å²) < 4.78 is 0. The number of fused-ring (bicyclic) bond motifs is 1. The van der Waals surface area contributed by atoms with Crippen LogP contribution in [0.5, 0.6) is 0 Å². The van der Waals surface area contributed by atoms with Crippen LogP contribution in [-0.4, -0.2) is 23.8 Å². The Labute approximate surface area is 133 Å². The molecule has 5 nitrogen and oxygen atoms in total. The second-order valence-electron chi connectivity index (χ2n) is 5.61. The molecule has 2 aromatic carbocycles. The number of nitrogens with one attached hydrogen (secondary N) is 3. The third-order valence-electron chi connectivity index (χ3n) is 4.10. The fourth-order valence-corrected chi connectivity index (χ4v) is 2.94. The van der Waals surface area contributed by atoms with E-state index in [4.69, 9.17) is 0 Å². The molecule has 0 radical (unpaired) electrons. The molecule has 2 aromatic rings. The normalized spacial score (nSPS) is 22.5. The van der Waals surface area contributed by atoms with E-state index in [0.717, 1.165) is 22.6 Å². The van der Waals surface area contributed by atoms with Crippen LogP contribution < -0.4 is 16.0 Å². The van der Waals surface area contributed by atoms with Crippen LogP contribution in [0.2, 0.25) is 0 Å². The summed E-state index contributed by atoms with van der Waals surface area (Å²) in [4.78, 5) is 24.7. The van der Waals surface area contributed by atoms with Gasteiger partial charge in [0.1, 0.15) is 12.1 Å². The zero-order chi connectivity index (χ0) is 15.8. The lowest BCUT2D eigenvalue weighted by molar-refractivity contribution is -0.122. The number of hydrogen-bond acceptors (Lipinski definition) is 4. The van der Waals surface area contributed by atoms with E-state index in [1.165, 1.54) is 0 Å². The van der Waals surface area contributed by atoms with Crippen molar-refractivity contribution >= 4 is 28.8 Å². The highest BCUT2D eigenvalue weighted by Crippen LogP contribution is 2.29. The van der Waals surface area contributed by atoms with Crippen LogP contribution in [0.4, 0.5) is 11.4 Å². The van der Waals surface area contributed by atoms with E-state index in [0.29, 0.717) is 0 Å². The smallest absolute Gasteiger partial charge is 0.249 e. The Hall–Kier alpha value is -3.08. The van der Waals surface area contributed by atoms with E-state index in [2.05, 4.69) is 16.0 Å². The van der Waals surface area contributed by atoms with E-state index in [1.807, 2.05) is 54.6 Å². The van der Waals surface area contributed by atoms with Gasteiger partial charge in [-0.15, -0.1) is 0 Å². The van der Waals surface area contributed by atoms with Crippen molar-refractivity contribution in [3.05, 3.63) is 66.2 Å². The maximum atomic E-state index is 12.4. The van der Waals surface area contributed by atoms with E-state index in [9.17, 15) is 9.59 Å². The zero-order valence-corrected chi connectivity index (χ0v) is 12.2. The molecule has 0 fully saturated rings. The topological polar surface area (TPSA) is 70.2 Å². The molecule has 2 unspecified atom stereocenters. The molecule has 23 heavy (non-hydrogen) atoms. The summed E-state index contributed by atoms with van der Waals surface area (Å²) in [6, 6.07) is 15.8. The lowest BCUT2D eigenvalue weighted by atomic mass is 10.0. The highest BCUT2D eigenvalue weighted by Gasteiger charge is 2.39. The van der Waals surface area contributed by atoms with Gasteiger partial charge in [0.25, 0.3) is 0 Å². The van der Waals surface area contributed by atoms with Crippen LogP contribution in [0.3, 0.4) is 0 Å². The van der Waals surface area contributed by atoms with Gasteiger partial charge in [-0.2, -0.15) is 0 Å². The lowest BCUT2D eigenvalue weighted by Crippen LogP contribution is -2.53. The van der Waals surface area contributed by atoms with E-state index >= 15 is 0 Å². The molecule has 0 saturated carbocycles. The minimum Gasteiger partial charge on any atom is -0.372 e. The van der Waals surface area contributed by atoms with E-state index in [1.54, 1.807) is 6.08 Å². The molecule has 5 heteroatoms. The van der Waals surface area contributed by atoms with Gasteiger partial charge in [-0.1, -0.05) is 42.5 Å². The van der Waals surface area contributed by atoms with Crippen molar-refractivity contribution < 1.29 is 9.59 Å². The van der Waals surface area contributed by atoms with Crippen molar-refractivity contribution in [3.8, 4) is 0 Å². The molecule has 2 heterocycles. The summed E-state index contributed by atoms with van der Waals surface area (Å²) in [5.41, 5.74) is 3.23. The fraction of sp³-hybridized carbons (Fsp3) is 0.111. The van der Waals surface area contributed by atoms with Crippen molar-refractivity contribution in [3.63, 3.8) is 0 Å². The van der Waals surface area contributed by atoms with Gasteiger partial charge in [-0.3, -0.25) is 9.59 Å². The van der Waals surface area contributed by atoms with Crippen LogP contribution in [0, 0.1) is 0 Å². The first kappa shape index (κ1) is 13.6. The van der Waals surface area contributed by atoms with Crippen molar-refractivity contribution in [2.45, 2.75) is 12.1 Å². The first-order valence-corrected chi connectivity index (χ1v) is 7.46. The van der Waals surface area contributed by atoms with Gasteiger partial charge in [0.2, 0.25) is 5.91 Å². The SMILES string of the molecule is O=C1C=C(c2ccccc2)NC1C1Nc2ccccc2NC1=O. The molecular formula is C18H15N3O2. The predicted octanol–water partition coefficient (Wildman–Crippen LogP) is 2.00. The number of ketones is 1. The van der Waals surface area contributed by atoms with Crippen LogP contribution in [0.15, 0.2) is 60.7 Å². The van der Waals surface area contributed by atoms with E-state index in [-0.39, 0.29) is 11.7 Å². The van der Waals surface area contributed by atoms with Crippen molar-refractivity contribution in [2.24, 2.45) is 0 Å². The Morgan fingerprint density at radius 2 is 1.43 bits per heavy atom. The van der Waals surface area contributed by atoms with Gasteiger partial charge >= 0.3 is 0 Å². The summed E-state index contributed by atoms with van der Waals surface area (Å²) in [6.45, 7) is 0. The van der Waals surface area contributed by atoms with Crippen LogP contribution in [-0.2, 0) is 9.59 Å². The predicted molar refractivity (Wildman–Crippen MR) is 88.8 cm³/mol. The molecule has 0 aromatic heterocycles. The summed E-state index contributed by atoms with van der Waals surface area (Å²) in [6.07, 6.45) is 1.56. The number of amides is 1. The average molecular weight is 305 g/mol. The molecule has 0 saturated heterocycles. The summed E-state index contributed by atoms with van der Waals surface area (Å²) in [5, 5.41) is 9.18. The van der Waals surface area contributed by atoms with Crippen molar-refractivity contribution in [2.75, 3.05) is 10.6 Å². The molecule has 2 aliphatic heterocycles. The maximum Gasteiger partial charge on any atom is 0.249 e. The van der Waals surface area contributed by atoms with Crippen LogP contribution >= 0.6 is 0 Å². The third kappa shape index (κ3) is 2.36. The molecule has 1 amide bonds. The fourth-order valence-electron chi connectivity index (χ4n) is 2.94. The molecule has 4 rings (SSSR count). The second kappa shape index (κ2) is 5.28. The molecule has 3 N–H and O–H groups in total. The lowest BCUT2D eigenvalue weighted by Gasteiger charge is -2.30. The molecule has 2 aliphatic rings. The number of hydrogen-bond donors (Lipinski definition) is 3. The molecule has 114 valence electrons. The number of anilines is 2. The van der Waals surface area contributed by atoms with Gasteiger partial charge in [-0.25, -0.2) is 0 Å². The standard InChI is InChI=1S/C18H15N3O2/c22-15-10-14(11-6-2-1-3-7-11)20-16(15)17-18(23)21-13-9-5-4-8-12(13)19-17/h1-10,16-17,19-20H,(H,21,23). The van der Waals surface area contributed by atoms with Gasteiger partial charge in [0, 0.05) is 11.8 Å². The minimum absolute atomic E-state index is 0.101. The Kier molecular flexibility index (Phi) is 3.12. The van der Waals surface area contributed by atoms with Gasteiger partial charge in [-0.05, 0) is 17.7 Å².